The molecule has 0 saturated carbocycles. The van der Waals surface area contributed by atoms with Crippen molar-refractivity contribution in [3.05, 3.63) is 30.3 Å². The highest BCUT2D eigenvalue weighted by Crippen LogP contribution is 2.10. The minimum atomic E-state index is -0.215. The Morgan fingerprint density at radius 3 is 2.48 bits per heavy atom. The van der Waals surface area contributed by atoms with E-state index in [4.69, 9.17) is 5.21 Å². The number of nitrogens with one attached hydrogen (secondary N) is 2. The normalized spacial score (nSPS) is 14.3. The van der Waals surface area contributed by atoms with Gasteiger partial charge in [-0.3, -0.25) is 5.43 Å². The number of hydrazone groups is 1. The van der Waals surface area contributed by atoms with Crippen molar-refractivity contribution in [1.82, 2.24) is 10.2 Å². The Morgan fingerprint density at radius 2 is 1.92 bits per heavy atom. The SMILES string of the molecule is CCC(=NO)N(C)CC(C)CNC(C)(C)C(C)=NNc1ccccc1. The summed E-state index contributed by atoms with van der Waals surface area (Å²) in [5.41, 5.74) is 4.85. The standard InChI is InChI=1S/C19H33N5O/c1-7-18(23-25)24(6)14-15(2)13-20-19(4,5)16(3)21-22-17-11-9-8-10-12-17/h8-12,15,20,22,25H,7,13-14H2,1-6H3. The third-order valence-electron chi connectivity index (χ3n) is 4.38. The van der Waals surface area contributed by atoms with Gasteiger partial charge in [0.25, 0.3) is 0 Å². The quantitative estimate of drug-likeness (QED) is 0.276. The largest absolute Gasteiger partial charge is 0.409 e. The molecule has 6 nitrogen and oxygen atoms in total. The lowest BCUT2D eigenvalue weighted by atomic mass is 9.98. The van der Waals surface area contributed by atoms with E-state index in [2.05, 4.69) is 41.8 Å². The molecule has 0 amide bonds. The van der Waals surface area contributed by atoms with Crippen LogP contribution >= 0.6 is 0 Å². The third kappa shape index (κ3) is 7.13. The number of hydrogen-bond donors (Lipinski definition) is 3. The molecule has 1 rings (SSSR count). The van der Waals surface area contributed by atoms with Gasteiger partial charge in [0, 0.05) is 26.6 Å². The number of amidine groups is 1. The molecule has 0 aromatic heterocycles. The summed E-state index contributed by atoms with van der Waals surface area (Å²) in [5.74, 6) is 1.11. The molecule has 1 aromatic rings. The molecule has 0 radical (unpaired) electrons. The predicted molar refractivity (Wildman–Crippen MR) is 107 cm³/mol. The summed E-state index contributed by atoms with van der Waals surface area (Å²) in [7, 11) is 1.96. The van der Waals surface area contributed by atoms with E-state index in [-0.39, 0.29) is 5.54 Å². The number of benzene rings is 1. The maximum absolute atomic E-state index is 9.00. The number of nitrogens with zero attached hydrogens (tertiary/aromatic N) is 3. The van der Waals surface area contributed by atoms with Gasteiger partial charge in [-0.1, -0.05) is 37.2 Å². The van der Waals surface area contributed by atoms with Gasteiger partial charge >= 0.3 is 0 Å². The van der Waals surface area contributed by atoms with Crippen LogP contribution in [-0.4, -0.2) is 47.3 Å². The van der Waals surface area contributed by atoms with Gasteiger partial charge < -0.3 is 15.4 Å². The molecule has 0 spiro atoms. The van der Waals surface area contributed by atoms with Crippen LogP contribution in [0.15, 0.2) is 40.6 Å². The number of oxime groups is 1. The molecule has 0 bridgehead atoms. The first-order valence-corrected chi connectivity index (χ1v) is 8.83. The van der Waals surface area contributed by atoms with E-state index in [1.54, 1.807) is 0 Å². The average Bonchev–Trinajstić information content (AvgIpc) is 2.60. The van der Waals surface area contributed by atoms with Crippen molar-refractivity contribution < 1.29 is 5.21 Å². The van der Waals surface area contributed by atoms with Crippen LogP contribution in [0.4, 0.5) is 5.69 Å². The second kappa shape index (κ2) is 10.0. The molecule has 3 N–H and O–H groups in total. The minimum absolute atomic E-state index is 0.215. The molecule has 0 aliphatic heterocycles. The molecule has 0 heterocycles. The summed E-state index contributed by atoms with van der Waals surface area (Å²) in [5, 5.41) is 20.4. The lowest BCUT2D eigenvalue weighted by Gasteiger charge is -2.30. The van der Waals surface area contributed by atoms with Gasteiger partial charge in [0.15, 0.2) is 0 Å². The molecule has 1 aromatic carbocycles. The van der Waals surface area contributed by atoms with Crippen LogP contribution in [0.1, 0.15) is 41.0 Å². The minimum Gasteiger partial charge on any atom is -0.409 e. The number of para-hydroxylation sites is 1. The fraction of sp³-hybridized carbons (Fsp3) is 0.579. The average molecular weight is 348 g/mol. The Balaban J connectivity index is 2.53. The maximum atomic E-state index is 9.00. The zero-order valence-corrected chi connectivity index (χ0v) is 16.4. The Hall–Kier alpha value is -2.08. The van der Waals surface area contributed by atoms with Crippen LogP contribution in [0, 0.1) is 5.92 Å². The van der Waals surface area contributed by atoms with E-state index in [0.29, 0.717) is 11.8 Å². The van der Waals surface area contributed by atoms with E-state index in [1.165, 1.54) is 0 Å². The smallest absolute Gasteiger partial charge is 0.143 e. The van der Waals surface area contributed by atoms with Crippen molar-refractivity contribution in [1.29, 1.82) is 0 Å². The lowest BCUT2D eigenvalue weighted by Crippen LogP contribution is -2.48. The summed E-state index contributed by atoms with van der Waals surface area (Å²) in [6.45, 7) is 12.1. The van der Waals surface area contributed by atoms with Crippen LogP contribution in [-0.2, 0) is 0 Å². The first-order chi connectivity index (χ1) is 11.8. The number of anilines is 1. The van der Waals surface area contributed by atoms with Crippen molar-refractivity contribution in [3.63, 3.8) is 0 Å². The first kappa shape index (κ1) is 21.0. The fourth-order valence-electron chi connectivity index (χ4n) is 2.41. The van der Waals surface area contributed by atoms with Gasteiger partial charge in [-0.25, -0.2) is 0 Å². The van der Waals surface area contributed by atoms with Crippen molar-refractivity contribution in [3.8, 4) is 0 Å². The molecule has 0 saturated heterocycles. The third-order valence-corrected chi connectivity index (χ3v) is 4.38. The van der Waals surface area contributed by atoms with Crippen LogP contribution in [0.5, 0.6) is 0 Å². The molecule has 25 heavy (non-hydrogen) atoms. The van der Waals surface area contributed by atoms with Gasteiger partial charge in [-0.2, -0.15) is 5.10 Å². The van der Waals surface area contributed by atoms with Crippen molar-refractivity contribution in [2.24, 2.45) is 16.2 Å². The highest BCUT2D eigenvalue weighted by Gasteiger charge is 2.22. The lowest BCUT2D eigenvalue weighted by molar-refractivity contribution is 0.294. The predicted octanol–water partition coefficient (Wildman–Crippen LogP) is 3.61. The molecule has 140 valence electrons. The summed E-state index contributed by atoms with van der Waals surface area (Å²) in [4.78, 5) is 2.00. The van der Waals surface area contributed by atoms with Crippen LogP contribution in [0.2, 0.25) is 0 Å². The van der Waals surface area contributed by atoms with E-state index >= 15 is 0 Å². The Bertz CT molecular complexity index is 568. The van der Waals surface area contributed by atoms with E-state index < -0.39 is 0 Å². The molecule has 1 unspecified atom stereocenters. The zero-order chi connectivity index (χ0) is 18.9. The van der Waals surface area contributed by atoms with E-state index in [1.807, 2.05) is 56.1 Å². The van der Waals surface area contributed by atoms with Crippen LogP contribution in [0.25, 0.3) is 0 Å². The van der Waals surface area contributed by atoms with Crippen molar-refractivity contribution in [2.75, 3.05) is 25.6 Å². The Labute approximate surface area is 152 Å². The van der Waals surface area contributed by atoms with Crippen molar-refractivity contribution in [2.45, 2.75) is 46.6 Å². The number of hydrogen-bond acceptors (Lipinski definition) is 5. The summed E-state index contributed by atoms with van der Waals surface area (Å²) in [6.07, 6.45) is 0.718. The summed E-state index contributed by atoms with van der Waals surface area (Å²) >= 11 is 0. The first-order valence-electron chi connectivity index (χ1n) is 8.83. The molecule has 0 fully saturated rings. The Morgan fingerprint density at radius 1 is 1.28 bits per heavy atom. The van der Waals surface area contributed by atoms with Gasteiger partial charge in [0.2, 0.25) is 0 Å². The van der Waals surface area contributed by atoms with Gasteiger partial charge in [0.1, 0.15) is 5.84 Å². The van der Waals surface area contributed by atoms with Crippen LogP contribution < -0.4 is 10.7 Å². The molecule has 6 heteroatoms. The molecule has 0 aliphatic rings. The highest BCUT2D eigenvalue weighted by molar-refractivity contribution is 5.91. The second-order valence-electron chi connectivity index (χ2n) is 7.04. The molecular weight excluding hydrogens is 314 g/mol. The molecule has 0 aliphatic carbocycles. The van der Waals surface area contributed by atoms with Crippen LogP contribution in [0.3, 0.4) is 0 Å². The molecule has 1 atom stereocenters. The monoisotopic (exact) mass is 347 g/mol. The topological polar surface area (TPSA) is 72.2 Å². The second-order valence-corrected chi connectivity index (χ2v) is 7.04. The molecular formula is C19H33N5O. The number of rotatable bonds is 9. The Kier molecular flexibility index (Phi) is 8.41. The summed E-state index contributed by atoms with van der Waals surface area (Å²) in [6, 6.07) is 9.92. The maximum Gasteiger partial charge on any atom is 0.143 e. The zero-order valence-electron chi connectivity index (χ0n) is 16.4. The van der Waals surface area contributed by atoms with Gasteiger partial charge in [0.05, 0.1) is 16.9 Å². The van der Waals surface area contributed by atoms with E-state index in [0.717, 1.165) is 30.9 Å². The highest BCUT2D eigenvalue weighted by atomic mass is 16.4. The van der Waals surface area contributed by atoms with Gasteiger partial charge in [-0.15, -0.1) is 0 Å². The van der Waals surface area contributed by atoms with Gasteiger partial charge in [-0.05, 0) is 38.8 Å². The fourth-order valence-corrected chi connectivity index (χ4v) is 2.41. The summed E-state index contributed by atoms with van der Waals surface area (Å²) < 4.78 is 0. The van der Waals surface area contributed by atoms with Crippen molar-refractivity contribution >= 4 is 17.2 Å². The van der Waals surface area contributed by atoms with E-state index in [9.17, 15) is 0 Å².